The number of hydrogen-bond donors (Lipinski definition) is 1. The van der Waals surface area contributed by atoms with Crippen LogP contribution >= 0.6 is 11.3 Å². The van der Waals surface area contributed by atoms with Crippen LogP contribution in [0.4, 0.5) is 5.69 Å². The van der Waals surface area contributed by atoms with Crippen LogP contribution in [0.5, 0.6) is 0 Å². The summed E-state index contributed by atoms with van der Waals surface area (Å²) in [5.41, 5.74) is 3.22. The van der Waals surface area contributed by atoms with Crippen molar-refractivity contribution in [1.29, 1.82) is 0 Å². The summed E-state index contributed by atoms with van der Waals surface area (Å²) in [6, 6.07) is 7.91. The van der Waals surface area contributed by atoms with Gasteiger partial charge in [0, 0.05) is 16.5 Å². The van der Waals surface area contributed by atoms with Crippen molar-refractivity contribution in [1.82, 2.24) is 4.98 Å². The Morgan fingerprint density at radius 2 is 2.15 bits per heavy atom. The van der Waals surface area contributed by atoms with Crippen molar-refractivity contribution in [3.63, 3.8) is 0 Å². The lowest BCUT2D eigenvalue weighted by Crippen LogP contribution is -2.28. The number of para-hydroxylation sites is 1. The molecule has 1 heterocycles. The Hall–Kier alpha value is -1.68. The van der Waals surface area contributed by atoms with Gasteiger partial charge in [0.1, 0.15) is 0 Å². The summed E-state index contributed by atoms with van der Waals surface area (Å²) in [5, 5.41) is 4.17. The zero-order valence-electron chi connectivity index (χ0n) is 11.8. The molecule has 3 rings (SSSR count). The largest absolute Gasteiger partial charge is 0.326 e. The van der Waals surface area contributed by atoms with Crippen LogP contribution in [-0.2, 0) is 17.6 Å². The standard InChI is InChI=1S/C16H18N2OS/c1-10-5-3-4-6-13(10)18-16(19)12-7-8-14-15(9-12)20-11(2)17-14/h3-6,12H,7-9H2,1-2H3,(H,18,19). The molecule has 20 heavy (non-hydrogen) atoms. The average Bonchev–Trinajstić information content (AvgIpc) is 2.80. The lowest BCUT2D eigenvalue weighted by atomic mass is 9.90. The molecule has 0 bridgehead atoms. The highest BCUT2D eigenvalue weighted by Crippen LogP contribution is 2.30. The number of rotatable bonds is 2. The van der Waals surface area contributed by atoms with E-state index in [0.29, 0.717) is 0 Å². The lowest BCUT2D eigenvalue weighted by molar-refractivity contribution is -0.120. The van der Waals surface area contributed by atoms with Gasteiger partial charge in [-0.1, -0.05) is 18.2 Å². The van der Waals surface area contributed by atoms with Crippen molar-refractivity contribution in [2.24, 2.45) is 5.92 Å². The summed E-state index contributed by atoms with van der Waals surface area (Å²) in [5.74, 6) is 0.206. The monoisotopic (exact) mass is 286 g/mol. The first-order valence-electron chi connectivity index (χ1n) is 6.95. The number of benzene rings is 1. The quantitative estimate of drug-likeness (QED) is 0.918. The molecular formula is C16H18N2OS. The van der Waals surface area contributed by atoms with E-state index in [1.165, 1.54) is 10.6 Å². The van der Waals surface area contributed by atoms with Gasteiger partial charge in [-0.3, -0.25) is 4.79 Å². The van der Waals surface area contributed by atoms with Gasteiger partial charge < -0.3 is 5.32 Å². The van der Waals surface area contributed by atoms with Crippen LogP contribution < -0.4 is 5.32 Å². The summed E-state index contributed by atoms with van der Waals surface area (Å²) < 4.78 is 0. The number of nitrogens with zero attached hydrogens (tertiary/aromatic N) is 1. The molecule has 1 aliphatic carbocycles. The van der Waals surface area contributed by atoms with Gasteiger partial charge in [0.15, 0.2) is 0 Å². The smallest absolute Gasteiger partial charge is 0.227 e. The molecule has 0 radical (unpaired) electrons. The topological polar surface area (TPSA) is 42.0 Å². The maximum absolute atomic E-state index is 12.4. The zero-order valence-corrected chi connectivity index (χ0v) is 12.6. The highest BCUT2D eigenvalue weighted by Gasteiger charge is 2.27. The van der Waals surface area contributed by atoms with Gasteiger partial charge in [-0.25, -0.2) is 4.98 Å². The van der Waals surface area contributed by atoms with Gasteiger partial charge in [-0.15, -0.1) is 11.3 Å². The second-order valence-corrected chi connectivity index (χ2v) is 6.63. The van der Waals surface area contributed by atoms with E-state index in [9.17, 15) is 4.79 Å². The molecule has 1 aliphatic rings. The number of hydrogen-bond acceptors (Lipinski definition) is 3. The number of anilines is 1. The minimum Gasteiger partial charge on any atom is -0.326 e. The summed E-state index contributed by atoms with van der Waals surface area (Å²) >= 11 is 1.73. The van der Waals surface area contributed by atoms with Crippen molar-refractivity contribution < 1.29 is 4.79 Å². The molecular weight excluding hydrogens is 268 g/mol. The predicted molar refractivity (Wildman–Crippen MR) is 82.2 cm³/mol. The van der Waals surface area contributed by atoms with E-state index in [0.717, 1.165) is 35.5 Å². The van der Waals surface area contributed by atoms with Crippen molar-refractivity contribution in [3.8, 4) is 0 Å². The van der Waals surface area contributed by atoms with Gasteiger partial charge in [-0.05, 0) is 44.7 Å². The Morgan fingerprint density at radius 1 is 1.35 bits per heavy atom. The molecule has 0 spiro atoms. The van der Waals surface area contributed by atoms with Crippen LogP contribution in [0.25, 0.3) is 0 Å². The first-order chi connectivity index (χ1) is 9.63. The SMILES string of the molecule is Cc1nc2c(s1)CC(C(=O)Nc1ccccc1C)CC2. The molecule has 1 amide bonds. The molecule has 1 aromatic carbocycles. The Kier molecular flexibility index (Phi) is 3.57. The molecule has 1 N–H and O–H groups in total. The molecule has 0 aliphatic heterocycles. The summed E-state index contributed by atoms with van der Waals surface area (Å²) in [6.07, 6.45) is 2.65. The first-order valence-corrected chi connectivity index (χ1v) is 7.77. The average molecular weight is 286 g/mol. The van der Waals surface area contributed by atoms with Crippen molar-refractivity contribution in [3.05, 3.63) is 45.4 Å². The number of aromatic nitrogens is 1. The fraction of sp³-hybridized carbons (Fsp3) is 0.375. The van der Waals surface area contributed by atoms with E-state index in [1.54, 1.807) is 11.3 Å². The van der Waals surface area contributed by atoms with Gasteiger partial charge in [0.25, 0.3) is 0 Å². The summed E-state index contributed by atoms with van der Waals surface area (Å²) in [7, 11) is 0. The fourth-order valence-electron chi connectivity index (χ4n) is 2.68. The van der Waals surface area contributed by atoms with E-state index in [2.05, 4.69) is 10.3 Å². The van der Waals surface area contributed by atoms with Gasteiger partial charge >= 0.3 is 0 Å². The second kappa shape index (κ2) is 5.37. The highest BCUT2D eigenvalue weighted by atomic mass is 32.1. The zero-order chi connectivity index (χ0) is 14.1. The second-order valence-electron chi connectivity index (χ2n) is 5.35. The maximum Gasteiger partial charge on any atom is 0.227 e. The summed E-state index contributed by atoms with van der Waals surface area (Å²) in [6.45, 7) is 4.05. The Balaban J connectivity index is 1.72. The van der Waals surface area contributed by atoms with Crippen LogP contribution in [0.15, 0.2) is 24.3 Å². The molecule has 2 aromatic rings. The minimum atomic E-state index is 0.0713. The number of nitrogens with one attached hydrogen (secondary N) is 1. The number of carbonyl (C=O) groups is 1. The van der Waals surface area contributed by atoms with E-state index in [1.807, 2.05) is 38.1 Å². The molecule has 104 valence electrons. The van der Waals surface area contributed by atoms with E-state index < -0.39 is 0 Å². The number of thiazole rings is 1. The highest BCUT2D eigenvalue weighted by molar-refractivity contribution is 7.11. The van der Waals surface area contributed by atoms with Crippen molar-refractivity contribution in [2.45, 2.75) is 33.1 Å². The number of aryl methyl sites for hydroxylation is 3. The number of carbonyl (C=O) groups excluding carboxylic acids is 1. The van der Waals surface area contributed by atoms with Crippen LogP contribution in [0.2, 0.25) is 0 Å². The summed E-state index contributed by atoms with van der Waals surface area (Å²) in [4.78, 5) is 18.2. The molecule has 0 saturated carbocycles. The van der Waals surface area contributed by atoms with E-state index >= 15 is 0 Å². The third-order valence-electron chi connectivity index (χ3n) is 3.82. The van der Waals surface area contributed by atoms with Crippen molar-refractivity contribution in [2.75, 3.05) is 5.32 Å². The number of amides is 1. The maximum atomic E-state index is 12.4. The Bertz CT molecular complexity index is 648. The molecule has 4 heteroatoms. The third kappa shape index (κ3) is 2.61. The Labute approximate surface area is 123 Å². The first kappa shape index (κ1) is 13.3. The fourth-order valence-corrected chi connectivity index (χ4v) is 3.74. The van der Waals surface area contributed by atoms with Gasteiger partial charge in [0.05, 0.1) is 10.7 Å². The van der Waals surface area contributed by atoms with E-state index in [4.69, 9.17) is 0 Å². The molecule has 3 nitrogen and oxygen atoms in total. The van der Waals surface area contributed by atoms with Gasteiger partial charge in [0.2, 0.25) is 5.91 Å². The lowest BCUT2D eigenvalue weighted by Gasteiger charge is -2.21. The molecule has 1 aromatic heterocycles. The molecule has 1 atom stereocenters. The van der Waals surface area contributed by atoms with Crippen LogP contribution in [0.1, 0.15) is 27.6 Å². The van der Waals surface area contributed by atoms with Gasteiger partial charge in [-0.2, -0.15) is 0 Å². The number of fused-ring (bicyclic) bond motifs is 1. The molecule has 0 fully saturated rings. The molecule has 0 saturated heterocycles. The van der Waals surface area contributed by atoms with Crippen LogP contribution in [0, 0.1) is 19.8 Å². The third-order valence-corrected chi connectivity index (χ3v) is 4.86. The minimum absolute atomic E-state index is 0.0713. The van der Waals surface area contributed by atoms with Crippen LogP contribution in [-0.4, -0.2) is 10.9 Å². The normalized spacial score (nSPS) is 17.6. The molecule has 1 unspecified atom stereocenters. The van der Waals surface area contributed by atoms with Crippen molar-refractivity contribution >= 4 is 22.9 Å². The van der Waals surface area contributed by atoms with E-state index in [-0.39, 0.29) is 11.8 Å². The Morgan fingerprint density at radius 3 is 2.95 bits per heavy atom. The predicted octanol–water partition coefficient (Wildman–Crippen LogP) is 3.50. The van der Waals surface area contributed by atoms with Crippen LogP contribution in [0.3, 0.4) is 0 Å².